The predicted molar refractivity (Wildman–Crippen MR) is 125 cm³/mol. The molecular weight excluding hydrogens is 479 g/mol. The van der Waals surface area contributed by atoms with Gasteiger partial charge in [-0.15, -0.1) is 13.2 Å². The van der Waals surface area contributed by atoms with Crippen molar-refractivity contribution in [3.8, 4) is 11.5 Å². The second-order valence-electron chi connectivity index (χ2n) is 8.39. The van der Waals surface area contributed by atoms with Crippen LogP contribution in [-0.2, 0) is 11.2 Å². The van der Waals surface area contributed by atoms with Gasteiger partial charge in [-0.3, -0.25) is 10.0 Å². The number of aryl methyl sites for hydroxylation is 1. The summed E-state index contributed by atoms with van der Waals surface area (Å²) in [5.74, 6) is -1.12. The number of hydrogen-bond donors (Lipinski definition) is 2. The molecule has 2 aromatic carbocycles. The van der Waals surface area contributed by atoms with Crippen LogP contribution in [0.2, 0.25) is 0 Å². The van der Waals surface area contributed by atoms with E-state index in [9.17, 15) is 23.2 Å². The zero-order chi connectivity index (χ0) is 26.5. The summed E-state index contributed by atoms with van der Waals surface area (Å²) in [6.07, 6.45) is -4.30. The molecular formula is C25H28F3N3O5. The Bertz CT molecular complexity index is 1130. The van der Waals surface area contributed by atoms with E-state index in [-0.39, 0.29) is 42.6 Å². The van der Waals surface area contributed by atoms with Gasteiger partial charge in [0.2, 0.25) is 5.90 Å². The first kappa shape index (κ1) is 27.0. The molecule has 1 aliphatic heterocycles. The van der Waals surface area contributed by atoms with Gasteiger partial charge in [0.15, 0.2) is 0 Å². The van der Waals surface area contributed by atoms with Crippen LogP contribution in [0.25, 0.3) is 0 Å². The van der Waals surface area contributed by atoms with Crippen molar-refractivity contribution in [2.24, 2.45) is 10.9 Å². The highest BCUT2D eigenvalue weighted by atomic mass is 19.4. The summed E-state index contributed by atoms with van der Waals surface area (Å²) in [6, 6.07) is 12.4. The molecule has 1 heterocycles. The molecule has 0 radical (unpaired) electrons. The Kier molecular flexibility index (Phi) is 8.59. The molecule has 36 heavy (non-hydrogen) atoms. The number of hydroxylamine groups is 2. The van der Waals surface area contributed by atoms with Crippen LogP contribution < -0.4 is 9.47 Å². The maximum atomic E-state index is 13.3. The zero-order valence-corrected chi connectivity index (χ0v) is 20.1. The largest absolute Gasteiger partial charge is 0.573 e. The van der Waals surface area contributed by atoms with Crippen LogP contribution in [0.1, 0.15) is 17.5 Å². The molecule has 1 unspecified atom stereocenters. The number of ether oxygens (including phenoxy) is 2. The van der Waals surface area contributed by atoms with Gasteiger partial charge in [-0.25, -0.2) is 5.06 Å². The highest BCUT2D eigenvalue weighted by molar-refractivity contribution is 6.03. The summed E-state index contributed by atoms with van der Waals surface area (Å²) in [6.45, 7) is 1.65. The lowest BCUT2D eigenvalue weighted by Crippen LogP contribution is -2.36. The number of carbonyl (C=O) groups is 1. The molecule has 194 valence electrons. The van der Waals surface area contributed by atoms with E-state index in [2.05, 4.69) is 9.73 Å². The van der Waals surface area contributed by atoms with Crippen molar-refractivity contribution in [1.29, 1.82) is 0 Å². The molecule has 8 nitrogen and oxygen atoms in total. The number of carbonyl (C=O) groups excluding carboxylic acids is 1. The van der Waals surface area contributed by atoms with Crippen LogP contribution in [0, 0.1) is 12.8 Å². The number of halogens is 3. The molecule has 1 aliphatic rings. The van der Waals surface area contributed by atoms with E-state index in [4.69, 9.17) is 9.84 Å². The van der Waals surface area contributed by atoms with Gasteiger partial charge in [0, 0.05) is 20.7 Å². The van der Waals surface area contributed by atoms with Gasteiger partial charge in [-0.1, -0.05) is 24.3 Å². The Labute approximate surface area is 206 Å². The molecule has 1 amide bonds. The number of nitrogens with zero attached hydrogens (tertiary/aromatic N) is 3. The van der Waals surface area contributed by atoms with Crippen molar-refractivity contribution >= 4 is 11.8 Å². The van der Waals surface area contributed by atoms with Crippen LogP contribution in [0.3, 0.4) is 0 Å². The lowest BCUT2D eigenvalue weighted by molar-refractivity contribution is -0.274. The number of aliphatic hydroxyl groups excluding tert-OH is 1. The quantitative estimate of drug-likeness (QED) is 0.395. The molecule has 0 saturated carbocycles. The molecule has 2 aromatic rings. The highest BCUT2D eigenvalue weighted by Crippen LogP contribution is 2.34. The van der Waals surface area contributed by atoms with E-state index >= 15 is 0 Å². The smallest absolute Gasteiger partial charge is 0.442 e. The predicted octanol–water partition coefficient (Wildman–Crippen LogP) is 3.92. The molecule has 2 N–H and O–H groups in total. The Morgan fingerprint density at radius 2 is 1.72 bits per heavy atom. The number of rotatable bonds is 9. The summed E-state index contributed by atoms with van der Waals surface area (Å²) in [5.41, 5.74) is 2.12. The number of benzene rings is 2. The maximum absolute atomic E-state index is 13.3. The van der Waals surface area contributed by atoms with E-state index in [0.29, 0.717) is 11.5 Å². The minimum absolute atomic E-state index is 0.0759. The van der Waals surface area contributed by atoms with Gasteiger partial charge in [0.1, 0.15) is 17.3 Å². The fourth-order valence-corrected chi connectivity index (χ4v) is 3.74. The third-order valence-electron chi connectivity index (χ3n) is 5.49. The van der Waals surface area contributed by atoms with Crippen molar-refractivity contribution in [3.63, 3.8) is 0 Å². The summed E-state index contributed by atoms with van der Waals surface area (Å²) < 4.78 is 47.3. The first-order valence-corrected chi connectivity index (χ1v) is 11.2. The average Bonchev–Trinajstić information content (AvgIpc) is 3.16. The van der Waals surface area contributed by atoms with Crippen molar-refractivity contribution in [1.82, 2.24) is 9.96 Å². The van der Waals surface area contributed by atoms with Crippen LogP contribution in [0.5, 0.6) is 11.5 Å². The number of aliphatic imine (C=N–C) groups is 1. The molecule has 3 rings (SSSR count). The molecule has 1 atom stereocenters. The minimum atomic E-state index is -4.82. The van der Waals surface area contributed by atoms with Gasteiger partial charge in [-0.05, 0) is 55.2 Å². The maximum Gasteiger partial charge on any atom is 0.573 e. The minimum Gasteiger partial charge on any atom is -0.442 e. The molecule has 0 bridgehead atoms. The molecule has 0 saturated heterocycles. The standard InChI is InChI=1S/C25H28F3N3O5/c1-16-7-4-5-8-17(16)15-20-21(24(33)31(34)13-6-14-32)22(30(2)3)29-23(20)35-18-9-11-19(12-10-18)36-25(26,27)28/h4-5,7-12,20,32,34H,6,13-15H2,1-3H3. The normalized spacial score (nSPS) is 15.6. The topological polar surface area (TPSA) is 94.8 Å². The SMILES string of the molecule is Cc1ccccc1CC1C(Oc2ccc(OC(F)(F)F)cc2)=NC(N(C)C)=C1C(=O)N(O)CCCO. The highest BCUT2D eigenvalue weighted by Gasteiger charge is 2.39. The van der Waals surface area contributed by atoms with E-state index in [1.165, 1.54) is 12.1 Å². The lowest BCUT2D eigenvalue weighted by atomic mass is 9.90. The molecule has 0 fully saturated rings. The Balaban J connectivity index is 1.95. The second kappa shape index (κ2) is 11.4. The molecule has 11 heteroatoms. The van der Waals surface area contributed by atoms with E-state index in [0.717, 1.165) is 23.3 Å². The van der Waals surface area contributed by atoms with E-state index in [1.807, 2.05) is 31.2 Å². The van der Waals surface area contributed by atoms with Gasteiger partial charge in [0.25, 0.3) is 5.91 Å². The Morgan fingerprint density at radius 1 is 1.08 bits per heavy atom. The Hall–Kier alpha value is -3.57. The fraction of sp³-hybridized carbons (Fsp3) is 0.360. The van der Waals surface area contributed by atoms with Crippen molar-refractivity contribution < 1.29 is 37.8 Å². The van der Waals surface area contributed by atoms with Gasteiger partial charge in [0.05, 0.1) is 18.0 Å². The number of hydrogen-bond acceptors (Lipinski definition) is 7. The van der Waals surface area contributed by atoms with Crippen molar-refractivity contribution in [2.45, 2.75) is 26.1 Å². The van der Waals surface area contributed by atoms with E-state index < -0.39 is 23.9 Å². The van der Waals surface area contributed by atoms with Crippen molar-refractivity contribution in [2.75, 3.05) is 27.2 Å². The molecule has 0 aliphatic carbocycles. The first-order valence-electron chi connectivity index (χ1n) is 11.2. The molecule has 0 spiro atoms. The van der Waals surface area contributed by atoms with Crippen LogP contribution in [0.15, 0.2) is 64.9 Å². The summed E-state index contributed by atoms with van der Waals surface area (Å²) in [4.78, 5) is 19.4. The van der Waals surface area contributed by atoms with Crippen LogP contribution >= 0.6 is 0 Å². The second-order valence-corrected chi connectivity index (χ2v) is 8.39. The van der Waals surface area contributed by atoms with Gasteiger partial charge < -0.3 is 19.5 Å². The monoisotopic (exact) mass is 507 g/mol. The van der Waals surface area contributed by atoms with Gasteiger partial charge >= 0.3 is 6.36 Å². The third kappa shape index (κ3) is 6.76. The lowest BCUT2D eigenvalue weighted by Gasteiger charge is -2.23. The summed E-state index contributed by atoms with van der Waals surface area (Å²) >= 11 is 0. The van der Waals surface area contributed by atoms with Crippen LogP contribution in [0.4, 0.5) is 13.2 Å². The third-order valence-corrected chi connectivity index (χ3v) is 5.49. The van der Waals surface area contributed by atoms with Crippen LogP contribution in [-0.4, -0.2) is 65.7 Å². The fourth-order valence-electron chi connectivity index (χ4n) is 3.74. The van der Waals surface area contributed by atoms with Crippen molar-refractivity contribution in [3.05, 3.63) is 71.1 Å². The average molecular weight is 508 g/mol. The Morgan fingerprint density at radius 3 is 2.31 bits per heavy atom. The zero-order valence-electron chi connectivity index (χ0n) is 20.1. The van der Waals surface area contributed by atoms with Gasteiger partial charge in [-0.2, -0.15) is 4.99 Å². The number of alkyl halides is 3. The summed E-state index contributed by atoms with van der Waals surface area (Å²) in [7, 11) is 3.39. The summed E-state index contributed by atoms with van der Waals surface area (Å²) in [5, 5.41) is 20.0. The number of aliphatic hydroxyl groups is 1. The molecule has 0 aromatic heterocycles. The first-order chi connectivity index (χ1) is 17.0. The number of amides is 1. The van der Waals surface area contributed by atoms with E-state index in [1.54, 1.807) is 19.0 Å².